The number of ether oxygens (including phenoxy) is 1. The first-order chi connectivity index (χ1) is 13.2. The van der Waals surface area contributed by atoms with Gasteiger partial charge in [-0.25, -0.2) is 9.97 Å². The number of pyridine rings is 1. The number of nitrogens with one attached hydrogen (secondary N) is 1. The zero-order chi connectivity index (χ0) is 18.6. The summed E-state index contributed by atoms with van der Waals surface area (Å²) in [6.45, 7) is 2.06. The molecule has 0 bridgehead atoms. The van der Waals surface area contributed by atoms with Crippen LogP contribution >= 0.6 is 0 Å². The Labute approximate surface area is 157 Å². The van der Waals surface area contributed by atoms with Crippen LogP contribution in [0.3, 0.4) is 0 Å². The number of imidazole rings is 1. The lowest BCUT2D eigenvalue weighted by atomic mass is 10.1. The first kappa shape index (κ1) is 17.2. The van der Waals surface area contributed by atoms with E-state index in [1.807, 2.05) is 53.0 Å². The smallest absolute Gasteiger partial charge is 0.256 e. The van der Waals surface area contributed by atoms with Crippen molar-refractivity contribution in [3.05, 3.63) is 72.4 Å². The highest BCUT2D eigenvalue weighted by Crippen LogP contribution is 2.24. The predicted molar refractivity (Wildman–Crippen MR) is 101 cm³/mol. The Morgan fingerprint density at radius 1 is 1.19 bits per heavy atom. The predicted octanol–water partition coefficient (Wildman–Crippen LogP) is 2.39. The van der Waals surface area contributed by atoms with Crippen LogP contribution in [0.5, 0.6) is 11.6 Å². The van der Waals surface area contributed by atoms with Crippen LogP contribution in [-0.2, 0) is 7.05 Å². The molecule has 0 spiro atoms. The van der Waals surface area contributed by atoms with Gasteiger partial charge in [0.05, 0.1) is 5.56 Å². The summed E-state index contributed by atoms with van der Waals surface area (Å²) >= 11 is 0. The first-order valence-corrected chi connectivity index (χ1v) is 8.90. The van der Waals surface area contributed by atoms with Crippen molar-refractivity contribution in [1.29, 1.82) is 0 Å². The lowest BCUT2D eigenvalue weighted by Gasteiger charge is -2.35. The van der Waals surface area contributed by atoms with Crippen LogP contribution in [-0.4, -0.2) is 45.0 Å². The van der Waals surface area contributed by atoms with E-state index in [9.17, 15) is 4.79 Å². The lowest BCUT2D eigenvalue weighted by Crippen LogP contribution is -2.49. The molecule has 1 unspecified atom stereocenters. The Morgan fingerprint density at radius 3 is 2.74 bits per heavy atom. The zero-order valence-electron chi connectivity index (χ0n) is 15.1. The topological polar surface area (TPSA) is 72.3 Å². The highest BCUT2D eigenvalue weighted by atomic mass is 16.5. The summed E-state index contributed by atoms with van der Waals surface area (Å²) < 4.78 is 7.65. The van der Waals surface area contributed by atoms with E-state index in [4.69, 9.17) is 4.74 Å². The van der Waals surface area contributed by atoms with E-state index in [1.165, 1.54) is 0 Å². The molecule has 1 saturated heterocycles. The zero-order valence-corrected chi connectivity index (χ0v) is 15.1. The van der Waals surface area contributed by atoms with Crippen molar-refractivity contribution in [2.24, 2.45) is 7.05 Å². The molecule has 7 heteroatoms. The van der Waals surface area contributed by atoms with Crippen molar-refractivity contribution in [2.75, 3.05) is 19.6 Å². The number of hydrogen-bond acceptors (Lipinski definition) is 5. The van der Waals surface area contributed by atoms with E-state index in [1.54, 1.807) is 24.5 Å². The standard InChI is InChI=1S/C20H21N5O2/c1-24-11-10-22-19(24)17-14-21-9-12-25(17)20(26)15-7-8-18(23-13-15)27-16-5-3-2-4-6-16/h2-8,10-11,13,17,21H,9,12,14H2,1H3. The SMILES string of the molecule is Cn1ccnc1C1CNCCN1C(=O)c1ccc(Oc2ccccc2)nc1. The second-order valence-corrected chi connectivity index (χ2v) is 6.42. The van der Waals surface area contributed by atoms with Gasteiger partial charge in [0.1, 0.15) is 17.6 Å². The minimum absolute atomic E-state index is 0.0525. The molecule has 3 heterocycles. The highest BCUT2D eigenvalue weighted by Gasteiger charge is 2.31. The monoisotopic (exact) mass is 363 g/mol. The number of piperazine rings is 1. The summed E-state index contributed by atoms with van der Waals surface area (Å²) in [7, 11) is 1.94. The van der Waals surface area contributed by atoms with E-state index in [0.717, 1.165) is 12.4 Å². The van der Waals surface area contributed by atoms with Gasteiger partial charge in [0, 0.05) is 51.3 Å². The van der Waals surface area contributed by atoms with Gasteiger partial charge in [0.2, 0.25) is 5.88 Å². The fourth-order valence-corrected chi connectivity index (χ4v) is 3.22. The third-order valence-electron chi connectivity index (χ3n) is 4.61. The van der Waals surface area contributed by atoms with Gasteiger partial charge in [-0.3, -0.25) is 4.79 Å². The number of nitrogens with zero attached hydrogens (tertiary/aromatic N) is 4. The Balaban J connectivity index is 1.52. The molecule has 0 saturated carbocycles. The van der Waals surface area contributed by atoms with Gasteiger partial charge in [-0.15, -0.1) is 0 Å². The molecule has 0 radical (unpaired) electrons. The molecule has 4 rings (SSSR count). The third-order valence-corrected chi connectivity index (χ3v) is 4.61. The van der Waals surface area contributed by atoms with Gasteiger partial charge in [0.15, 0.2) is 0 Å². The van der Waals surface area contributed by atoms with Gasteiger partial charge < -0.3 is 19.5 Å². The molecule has 2 aromatic heterocycles. The minimum Gasteiger partial charge on any atom is -0.439 e. The van der Waals surface area contributed by atoms with Crippen LogP contribution in [0.25, 0.3) is 0 Å². The molecule has 3 aromatic rings. The Morgan fingerprint density at radius 2 is 2.04 bits per heavy atom. The molecule has 0 aliphatic carbocycles. The third kappa shape index (κ3) is 3.68. The van der Waals surface area contributed by atoms with Crippen molar-refractivity contribution in [3.63, 3.8) is 0 Å². The summed E-state index contributed by atoms with van der Waals surface area (Å²) in [6, 6.07) is 12.8. The van der Waals surface area contributed by atoms with Crippen molar-refractivity contribution >= 4 is 5.91 Å². The van der Waals surface area contributed by atoms with E-state index < -0.39 is 0 Å². The molecular weight excluding hydrogens is 342 g/mol. The van der Waals surface area contributed by atoms with Gasteiger partial charge in [-0.05, 0) is 18.2 Å². The molecular formula is C20H21N5O2. The normalized spacial score (nSPS) is 16.9. The maximum atomic E-state index is 13.1. The summed E-state index contributed by atoms with van der Waals surface area (Å²) in [6.07, 6.45) is 5.21. The molecule has 1 amide bonds. The second kappa shape index (κ2) is 7.59. The van der Waals surface area contributed by atoms with Crippen molar-refractivity contribution in [1.82, 2.24) is 24.8 Å². The molecule has 138 valence electrons. The average molecular weight is 363 g/mol. The average Bonchev–Trinajstić information content (AvgIpc) is 3.14. The number of amides is 1. The molecule has 1 aliphatic rings. The summed E-state index contributed by atoms with van der Waals surface area (Å²) in [5.74, 6) is 1.98. The number of hydrogen-bond donors (Lipinski definition) is 1. The van der Waals surface area contributed by atoms with E-state index in [2.05, 4.69) is 15.3 Å². The summed E-state index contributed by atoms with van der Waals surface area (Å²) in [5, 5.41) is 3.34. The molecule has 1 aliphatic heterocycles. The molecule has 1 fully saturated rings. The molecule has 7 nitrogen and oxygen atoms in total. The fourth-order valence-electron chi connectivity index (χ4n) is 3.22. The number of rotatable bonds is 4. The highest BCUT2D eigenvalue weighted by molar-refractivity contribution is 5.94. The van der Waals surface area contributed by atoms with Crippen molar-refractivity contribution in [3.8, 4) is 11.6 Å². The largest absolute Gasteiger partial charge is 0.439 e. The number of para-hydroxylation sites is 1. The van der Waals surface area contributed by atoms with E-state index in [-0.39, 0.29) is 11.9 Å². The van der Waals surface area contributed by atoms with Crippen molar-refractivity contribution in [2.45, 2.75) is 6.04 Å². The summed E-state index contributed by atoms with van der Waals surface area (Å²) in [4.78, 5) is 23.6. The van der Waals surface area contributed by atoms with Crippen molar-refractivity contribution < 1.29 is 9.53 Å². The molecule has 1 atom stereocenters. The first-order valence-electron chi connectivity index (χ1n) is 8.90. The van der Waals surface area contributed by atoms with Gasteiger partial charge in [-0.1, -0.05) is 18.2 Å². The number of aryl methyl sites for hydroxylation is 1. The molecule has 27 heavy (non-hydrogen) atoms. The maximum Gasteiger partial charge on any atom is 0.256 e. The second-order valence-electron chi connectivity index (χ2n) is 6.42. The van der Waals surface area contributed by atoms with Crippen LogP contribution in [0.2, 0.25) is 0 Å². The summed E-state index contributed by atoms with van der Waals surface area (Å²) in [5.41, 5.74) is 0.538. The van der Waals surface area contributed by atoms with Gasteiger partial charge in [-0.2, -0.15) is 0 Å². The van der Waals surface area contributed by atoms with Crippen LogP contribution in [0.1, 0.15) is 22.2 Å². The fraction of sp³-hybridized carbons (Fsp3) is 0.250. The molecule has 1 N–H and O–H groups in total. The van der Waals surface area contributed by atoms with Gasteiger partial charge in [0.25, 0.3) is 5.91 Å². The van der Waals surface area contributed by atoms with E-state index >= 15 is 0 Å². The number of aromatic nitrogens is 3. The minimum atomic E-state index is -0.105. The van der Waals surface area contributed by atoms with Crippen LogP contribution < -0.4 is 10.1 Å². The molecule has 1 aromatic carbocycles. The lowest BCUT2D eigenvalue weighted by molar-refractivity contribution is 0.0620. The maximum absolute atomic E-state index is 13.1. The Bertz CT molecular complexity index is 908. The Hall–Kier alpha value is -3.19. The van der Waals surface area contributed by atoms with Crippen LogP contribution in [0, 0.1) is 0 Å². The Kier molecular flexibility index (Phi) is 4.84. The number of carbonyl (C=O) groups excluding carboxylic acids is 1. The number of benzene rings is 1. The quantitative estimate of drug-likeness (QED) is 0.771. The number of carbonyl (C=O) groups is 1. The van der Waals surface area contributed by atoms with E-state index in [0.29, 0.717) is 30.3 Å². The van der Waals surface area contributed by atoms with Gasteiger partial charge >= 0.3 is 0 Å². The van der Waals surface area contributed by atoms with Crippen LogP contribution in [0.15, 0.2) is 61.1 Å². The van der Waals surface area contributed by atoms with Crippen LogP contribution in [0.4, 0.5) is 0 Å².